The highest BCUT2D eigenvalue weighted by Gasteiger charge is 2.31. The van der Waals surface area contributed by atoms with Crippen LogP contribution in [0.15, 0.2) is 41.6 Å². The Labute approximate surface area is 230 Å². The SMILES string of the molecule is CN(C)Cc1nc(Nc2ccc(-c3cnc4cnc5c(n34)CCO5)c3c2C(=O)NC3)ccc1S(=O)(=O)NC1CC1. The lowest BCUT2D eigenvalue weighted by atomic mass is 9.99. The van der Waals surface area contributed by atoms with E-state index in [1.165, 1.54) is 0 Å². The number of hydrogen-bond donors (Lipinski definition) is 3. The van der Waals surface area contributed by atoms with Gasteiger partial charge in [0.15, 0.2) is 5.65 Å². The molecule has 0 atom stereocenters. The van der Waals surface area contributed by atoms with E-state index in [4.69, 9.17) is 4.74 Å². The predicted molar refractivity (Wildman–Crippen MR) is 147 cm³/mol. The van der Waals surface area contributed by atoms with Gasteiger partial charge >= 0.3 is 0 Å². The van der Waals surface area contributed by atoms with Gasteiger partial charge in [-0.2, -0.15) is 0 Å². The van der Waals surface area contributed by atoms with Crippen LogP contribution >= 0.6 is 0 Å². The van der Waals surface area contributed by atoms with E-state index in [2.05, 4.69) is 30.3 Å². The number of sulfonamides is 1. The minimum Gasteiger partial charge on any atom is -0.476 e. The summed E-state index contributed by atoms with van der Waals surface area (Å²) in [5, 5.41) is 6.22. The first-order chi connectivity index (χ1) is 19.3. The highest BCUT2D eigenvalue weighted by molar-refractivity contribution is 7.89. The van der Waals surface area contributed by atoms with Gasteiger partial charge in [-0.3, -0.25) is 9.20 Å². The Bertz CT molecular complexity index is 1800. The zero-order valence-electron chi connectivity index (χ0n) is 22.1. The number of amides is 1. The Morgan fingerprint density at radius 2 is 2.00 bits per heavy atom. The Morgan fingerprint density at radius 1 is 1.15 bits per heavy atom. The molecule has 0 unspecified atom stereocenters. The van der Waals surface area contributed by atoms with Gasteiger partial charge in [0.05, 0.1) is 47.3 Å². The van der Waals surface area contributed by atoms with Crippen LogP contribution in [0, 0.1) is 0 Å². The van der Waals surface area contributed by atoms with Crippen molar-refractivity contribution in [3.05, 3.63) is 59.2 Å². The third-order valence-electron chi connectivity index (χ3n) is 7.27. The second kappa shape index (κ2) is 9.25. The van der Waals surface area contributed by atoms with Crippen LogP contribution in [0.25, 0.3) is 16.9 Å². The van der Waals surface area contributed by atoms with Crippen molar-refractivity contribution in [2.24, 2.45) is 0 Å². The molecule has 1 aromatic carbocycles. The lowest BCUT2D eigenvalue weighted by Crippen LogP contribution is -2.28. The van der Waals surface area contributed by atoms with Gasteiger partial charge in [-0.05, 0) is 50.7 Å². The number of fused-ring (bicyclic) bond motifs is 4. The highest BCUT2D eigenvalue weighted by Crippen LogP contribution is 2.37. The molecule has 7 rings (SSSR count). The molecule has 1 fully saturated rings. The minimum atomic E-state index is -3.69. The molecule has 4 aromatic rings. The van der Waals surface area contributed by atoms with E-state index in [-0.39, 0.29) is 16.8 Å². The van der Waals surface area contributed by atoms with E-state index in [1.54, 1.807) is 24.5 Å². The Hall–Kier alpha value is -4.07. The van der Waals surface area contributed by atoms with Crippen molar-refractivity contribution in [3.8, 4) is 17.1 Å². The highest BCUT2D eigenvalue weighted by atomic mass is 32.2. The average molecular weight is 561 g/mol. The molecule has 3 aliphatic rings. The molecule has 1 amide bonds. The Morgan fingerprint density at radius 3 is 2.80 bits per heavy atom. The summed E-state index contributed by atoms with van der Waals surface area (Å²) in [6.45, 7) is 1.28. The number of benzene rings is 1. The fraction of sp³-hybridized carbons (Fsp3) is 0.333. The summed E-state index contributed by atoms with van der Waals surface area (Å²) in [6, 6.07) is 7.01. The number of carbonyl (C=O) groups is 1. The number of ether oxygens (including phenoxy) is 1. The summed E-state index contributed by atoms with van der Waals surface area (Å²) in [6.07, 6.45) is 5.91. The van der Waals surface area contributed by atoms with E-state index >= 15 is 0 Å². The molecule has 2 aliphatic heterocycles. The first-order valence-electron chi connectivity index (χ1n) is 13.1. The van der Waals surface area contributed by atoms with Crippen LogP contribution in [0.3, 0.4) is 0 Å². The number of imidazole rings is 1. The molecule has 12 nitrogen and oxygen atoms in total. The molecule has 1 saturated carbocycles. The quantitative estimate of drug-likeness (QED) is 0.296. The molecule has 3 N–H and O–H groups in total. The molecule has 0 spiro atoms. The molecular formula is C27H28N8O4S. The monoisotopic (exact) mass is 560 g/mol. The number of hydrogen-bond acceptors (Lipinski definition) is 9. The molecule has 0 saturated heterocycles. The fourth-order valence-electron chi connectivity index (χ4n) is 5.33. The summed E-state index contributed by atoms with van der Waals surface area (Å²) in [5.41, 5.74) is 5.82. The van der Waals surface area contributed by atoms with Crippen LogP contribution in [0.4, 0.5) is 11.5 Å². The number of aromatic nitrogens is 4. The predicted octanol–water partition coefficient (Wildman–Crippen LogP) is 2.22. The van der Waals surface area contributed by atoms with Gasteiger partial charge in [0.25, 0.3) is 5.91 Å². The van der Waals surface area contributed by atoms with Gasteiger partial charge in [0.1, 0.15) is 10.7 Å². The topological polar surface area (TPSA) is 143 Å². The van der Waals surface area contributed by atoms with Crippen molar-refractivity contribution in [1.29, 1.82) is 0 Å². The maximum atomic E-state index is 13.0. The molecule has 206 valence electrons. The number of carbonyl (C=O) groups excluding carboxylic acids is 1. The van der Waals surface area contributed by atoms with E-state index < -0.39 is 10.0 Å². The van der Waals surface area contributed by atoms with Gasteiger partial charge in [0.2, 0.25) is 15.9 Å². The van der Waals surface area contributed by atoms with Crippen LogP contribution in [-0.4, -0.2) is 65.3 Å². The first-order valence-corrected chi connectivity index (χ1v) is 14.6. The number of rotatable bonds is 8. The molecule has 40 heavy (non-hydrogen) atoms. The molecule has 1 aliphatic carbocycles. The van der Waals surface area contributed by atoms with Gasteiger partial charge in [0, 0.05) is 31.1 Å². The normalized spacial score (nSPS) is 16.2. The summed E-state index contributed by atoms with van der Waals surface area (Å²) in [4.78, 5) is 28.7. The van der Waals surface area contributed by atoms with E-state index in [9.17, 15) is 13.2 Å². The molecule has 3 aromatic heterocycles. The second-order valence-electron chi connectivity index (χ2n) is 10.5. The average Bonchev–Trinajstić information content (AvgIpc) is 3.27. The summed E-state index contributed by atoms with van der Waals surface area (Å²) in [7, 11) is 0.0355. The number of nitrogens with zero attached hydrogens (tertiary/aromatic N) is 5. The van der Waals surface area contributed by atoms with Crippen molar-refractivity contribution in [2.45, 2.75) is 43.3 Å². The maximum absolute atomic E-state index is 13.0. The van der Waals surface area contributed by atoms with Crippen LogP contribution < -0.4 is 20.1 Å². The van der Waals surface area contributed by atoms with Crippen molar-refractivity contribution >= 4 is 33.1 Å². The van der Waals surface area contributed by atoms with Gasteiger partial charge < -0.3 is 20.3 Å². The van der Waals surface area contributed by atoms with Crippen LogP contribution in [0.2, 0.25) is 0 Å². The molecule has 0 bridgehead atoms. The molecule has 5 heterocycles. The maximum Gasteiger partial charge on any atom is 0.254 e. The summed E-state index contributed by atoms with van der Waals surface area (Å²) < 4.78 is 36.4. The van der Waals surface area contributed by atoms with Crippen LogP contribution in [-0.2, 0) is 29.5 Å². The van der Waals surface area contributed by atoms with Gasteiger partial charge in [-0.25, -0.2) is 28.1 Å². The summed E-state index contributed by atoms with van der Waals surface area (Å²) in [5.74, 6) is 0.866. The molecule has 0 radical (unpaired) electrons. The Kier molecular flexibility index (Phi) is 5.77. The zero-order valence-corrected chi connectivity index (χ0v) is 22.9. The minimum absolute atomic E-state index is 0.00706. The fourth-order valence-corrected chi connectivity index (χ4v) is 6.80. The zero-order chi connectivity index (χ0) is 27.6. The second-order valence-corrected chi connectivity index (χ2v) is 12.2. The first kappa shape index (κ1) is 24.9. The van der Waals surface area contributed by atoms with Gasteiger partial charge in [-0.1, -0.05) is 6.07 Å². The summed E-state index contributed by atoms with van der Waals surface area (Å²) >= 11 is 0. The lowest BCUT2D eigenvalue weighted by molar-refractivity contribution is 0.0966. The lowest BCUT2D eigenvalue weighted by Gasteiger charge is -2.17. The van der Waals surface area contributed by atoms with Crippen molar-refractivity contribution in [1.82, 2.24) is 34.3 Å². The van der Waals surface area contributed by atoms with E-state index in [0.29, 0.717) is 48.3 Å². The van der Waals surface area contributed by atoms with Gasteiger partial charge in [-0.15, -0.1) is 0 Å². The number of nitrogens with one attached hydrogen (secondary N) is 3. The van der Waals surface area contributed by atoms with Crippen LogP contribution in [0.5, 0.6) is 5.88 Å². The third kappa shape index (κ3) is 4.26. The van der Waals surface area contributed by atoms with Crippen LogP contribution in [0.1, 0.15) is 40.2 Å². The van der Waals surface area contributed by atoms with Crippen molar-refractivity contribution in [2.75, 3.05) is 26.0 Å². The smallest absolute Gasteiger partial charge is 0.254 e. The standard InChI is InChI=1S/C27H28N8O4S/c1-34(2)14-19-22(40(37,38)33-15-3-4-15)7-8-23(32-19)31-18-6-5-16(17-11-29-26(36)25(17)18)21-12-28-24-13-30-27-20(35(21)24)9-10-39-27/h5-8,12-13,15,33H,3-4,9-11,14H2,1-2H3,(H,29,36)(H,31,32). The van der Waals surface area contributed by atoms with Crippen molar-refractivity contribution < 1.29 is 17.9 Å². The van der Waals surface area contributed by atoms with Crippen molar-refractivity contribution in [3.63, 3.8) is 0 Å². The van der Waals surface area contributed by atoms with E-state index in [0.717, 1.165) is 47.4 Å². The largest absolute Gasteiger partial charge is 0.476 e. The molecule has 13 heteroatoms. The Balaban J connectivity index is 1.28. The number of anilines is 2. The third-order valence-corrected chi connectivity index (χ3v) is 8.87. The number of pyridine rings is 1. The molecular weight excluding hydrogens is 532 g/mol. The van der Waals surface area contributed by atoms with E-state index in [1.807, 2.05) is 35.5 Å².